The summed E-state index contributed by atoms with van der Waals surface area (Å²) >= 11 is 3.36. The molecule has 7 heteroatoms. The first-order chi connectivity index (χ1) is 12.3. The maximum absolute atomic E-state index is 12.7. The first-order valence-corrected chi connectivity index (χ1v) is 10.7. The highest BCUT2D eigenvalue weighted by molar-refractivity contribution is 9.10. The lowest BCUT2D eigenvalue weighted by Crippen LogP contribution is -2.28. The summed E-state index contributed by atoms with van der Waals surface area (Å²) in [6.07, 6.45) is 1.74. The second-order valence-electron chi connectivity index (χ2n) is 6.53. The van der Waals surface area contributed by atoms with Crippen LogP contribution in [0.1, 0.15) is 34.3 Å². The van der Waals surface area contributed by atoms with Crippen molar-refractivity contribution < 1.29 is 13.2 Å². The zero-order chi connectivity index (χ0) is 18.9. The molecule has 1 heterocycles. The van der Waals surface area contributed by atoms with Gasteiger partial charge in [-0.1, -0.05) is 17.7 Å². The highest BCUT2D eigenvalue weighted by atomic mass is 79.9. The fraction of sp³-hybridized carbons (Fsp3) is 0.316. The van der Waals surface area contributed by atoms with Crippen molar-refractivity contribution in [1.29, 1.82) is 0 Å². The highest BCUT2D eigenvalue weighted by Gasteiger charge is 2.28. The topological polar surface area (TPSA) is 66.5 Å². The molecular formula is C19H21BrN2O3S. The molecule has 0 saturated carbocycles. The van der Waals surface area contributed by atoms with Gasteiger partial charge < -0.3 is 5.32 Å². The van der Waals surface area contributed by atoms with Gasteiger partial charge in [0.2, 0.25) is 10.0 Å². The second kappa shape index (κ2) is 7.50. The third-order valence-electron chi connectivity index (χ3n) is 4.52. The summed E-state index contributed by atoms with van der Waals surface area (Å²) < 4.78 is 27.5. The number of nitrogens with one attached hydrogen (secondary N) is 1. The number of carbonyl (C=O) groups excluding carboxylic acids is 1. The molecule has 2 aromatic rings. The number of sulfonamides is 1. The van der Waals surface area contributed by atoms with Gasteiger partial charge in [-0.2, -0.15) is 4.31 Å². The van der Waals surface area contributed by atoms with E-state index in [0.717, 1.165) is 24.0 Å². The molecule has 138 valence electrons. The lowest BCUT2D eigenvalue weighted by Gasteiger charge is -2.17. The predicted molar refractivity (Wildman–Crippen MR) is 106 cm³/mol. The first-order valence-electron chi connectivity index (χ1n) is 8.47. The molecule has 26 heavy (non-hydrogen) atoms. The van der Waals surface area contributed by atoms with Gasteiger partial charge in [0, 0.05) is 23.2 Å². The SMILES string of the molecule is Cc1ccc(NC(=O)c2cc(S(=O)(=O)N3CCCC3)ccc2Br)c(C)c1. The molecule has 1 fully saturated rings. The standard InChI is InChI=1S/C19H21BrN2O3S/c1-13-5-8-18(14(2)11-13)21-19(23)16-12-15(6-7-17(16)20)26(24,25)22-9-3-4-10-22/h5-8,11-12H,3-4,9-10H2,1-2H3,(H,21,23). The molecule has 0 bridgehead atoms. The van der Waals surface area contributed by atoms with Gasteiger partial charge in [0.15, 0.2) is 0 Å². The van der Waals surface area contributed by atoms with E-state index in [1.807, 2.05) is 32.0 Å². The number of anilines is 1. The lowest BCUT2D eigenvalue weighted by atomic mass is 10.1. The fourth-order valence-corrected chi connectivity index (χ4v) is 5.03. The Balaban J connectivity index is 1.91. The minimum atomic E-state index is -3.57. The third kappa shape index (κ3) is 3.84. The smallest absolute Gasteiger partial charge is 0.256 e. The van der Waals surface area contributed by atoms with Crippen molar-refractivity contribution >= 4 is 37.5 Å². The molecule has 1 amide bonds. The normalized spacial score (nSPS) is 15.2. The summed E-state index contributed by atoms with van der Waals surface area (Å²) in [7, 11) is -3.57. The van der Waals surface area contributed by atoms with Crippen molar-refractivity contribution in [2.75, 3.05) is 18.4 Å². The lowest BCUT2D eigenvalue weighted by molar-refractivity contribution is 0.102. The van der Waals surface area contributed by atoms with Crippen LogP contribution in [-0.4, -0.2) is 31.7 Å². The number of amides is 1. The van der Waals surface area contributed by atoms with Crippen molar-refractivity contribution in [3.05, 3.63) is 57.6 Å². The summed E-state index contributed by atoms with van der Waals surface area (Å²) in [5.74, 6) is -0.345. The quantitative estimate of drug-likeness (QED) is 0.783. The fourth-order valence-electron chi connectivity index (χ4n) is 3.06. The van der Waals surface area contributed by atoms with Crippen LogP contribution in [0.15, 0.2) is 45.8 Å². The molecule has 1 saturated heterocycles. The zero-order valence-corrected chi connectivity index (χ0v) is 17.2. The third-order valence-corrected chi connectivity index (χ3v) is 7.10. The number of nitrogens with zero attached hydrogens (tertiary/aromatic N) is 1. The molecule has 0 radical (unpaired) electrons. The Bertz CT molecular complexity index is 951. The molecule has 0 aromatic heterocycles. The molecule has 0 spiro atoms. The molecule has 0 aliphatic carbocycles. The van der Waals surface area contributed by atoms with E-state index in [9.17, 15) is 13.2 Å². The average Bonchev–Trinajstić information content (AvgIpc) is 3.13. The number of hydrogen-bond acceptors (Lipinski definition) is 3. The van der Waals surface area contributed by atoms with Gasteiger partial charge in [0.05, 0.1) is 10.5 Å². The van der Waals surface area contributed by atoms with Crippen LogP contribution in [0.25, 0.3) is 0 Å². The van der Waals surface area contributed by atoms with E-state index in [-0.39, 0.29) is 10.8 Å². The number of halogens is 1. The van der Waals surface area contributed by atoms with Crippen LogP contribution < -0.4 is 5.32 Å². The largest absolute Gasteiger partial charge is 0.322 e. The van der Waals surface area contributed by atoms with E-state index in [4.69, 9.17) is 0 Å². The Kier molecular flexibility index (Phi) is 5.50. The Morgan fingerprint density at radius 3 is 2.42 bits per heavy atom. The van der Waals surface area contributed by atoms with Gasteiger partial charge in [-0.15, -0.1) is 0 Å². The molecule has 2 aromatic carbocycles. The van der Waals surface area contributed by atoms with Crippen LogP contribution in [0.5, 0.6) is 0 Å². The van der Waals surface area contributed by atoms with Crippen LogP contribution in [0.2, 0.25) is 0 Å². The summed E-state index contributed by atoms with van der Waals surface area (Å²) in [5.41, 5.74) is 3.07. The Morgan fingerprint density at radius 2 is 1.77 bits per heavy atom. The molecule has 3 rings (SSSR count). The van der Waals surface area contributed by atoms with Gasteiger partial charge in [0.1, 0.15) is 0 Å². The maximum atomic E-state index is 12.7. The molecule has 1 N–H and O–H groups in total. The van der Waals surface area contributed by atoms with Crippen molar-refractivity contribution in [2.45, 2.75) is 31.6 Å². The maximum Gasteiger partial charge on any atom is 0.256 e. The number of rotatable bonds is 4. The molecule has 5 nitrogen and oxygen atoms in total. The molecular weight excluding hydrogens is 416 g/mol. The van der Waals surface area contributed by atoms with Crippen LogP contribution in [0.3, 0.4) is 0 Å². The van der Waals surface area contributed by atoms with Crippen LogP contribution in [0, 0.1) is 13.8 Å². The Morgan fingerprint density at radius 1 is 1.08 bits per heavy atom. The predicted octanol–water partition coefficient (Wildman–Crippen LogP) is 4.10. The molecule has 1 aliphatic heterocycles. The van der Waals surface area contributed by atoms with E-state index in [1.165, 1.54) is 16.4 Å². The van der Waals surface area contributed by atoms with Crippen molar-refractivity contribution in [3.8, 4) is 0 Å². The van der Waals surface area contributed by atoms with Crippen LogP contribution >= 0.6 is 15.9 Å². The highest BCUT2D eigenvalue weighted by Crippen LogP contribution is 2.26. The Hall–Kier alpha value is -1.70. The minimum absolute atomic E-state index is 0.147. The van der Waals surface area contributed by atoms with Crippen LogP contribution in [0.4, 0.5) is 5.69 Å². The van der Waals surface area contributed by atoms with Crippen molar-refractivity contribution in [3.63, 3.8) is 0 Å². The van der Waals surface area contributed by atoms with E-state index >= 15 is 0 Å². The molecule has 1 aliphatic rings. The van der Waals surface area contributed by atoms with E-state index in [1.54, 1.807) is 6.07 Å². The summed E-state index contributed by atoms with van der Waals surface area (Å²) in [4.78, 5) is 12.9. The van der Waals surface area contributed by atoms with Gasteiger partial charge in [0.25, 0.3) is 5.91 Å². The molecule has 0 atom stereocenters. The monoisotopic (exact) mass is 436 g/mol. The van der Waals surface area contributed by atoms with Gasteiger partial charge in [-0.05, 0) is 72.4 Å². The Labute approximate surface area is 162 Å². The molecule has 0 unspecified atom stereocenters. The van der Waals surface area contributed by atoms with Gasteiger partial charge in [-0.25, -0.2) is 8.42 Å². The van der Waals surface area contributed by atoms with Crippen molar-refractivity contribution in [2.24, 2.45) is 0 Å². The average molecular weight is 437 g/mol. The van der Waals surface area contributed by atoms with E-state index in [0.29, 0.717) is 28.8 Å². The number of aryl methyl sites for hydroxylation is 2. The summed E-state index contributed by atoms with van der Waals surface area (Å²) in [6.45, 7) is 4.97. The van der Waals surface area contributed by atoms with E-state index in [2.05, 4.69) is 21.2 Å². The number of benzene rings is 2. The summed E-state index contributed by atoms with van der Waals surface area (Å²) in [6, 6.07) is 10.3. The zero-order valence-electron chi connectivity index (χ0n) is 14.8. The van der Waals surface area contributed by atoms with Crippen LogP contribution in [-0.2, 0) is 10.0 Å². The first kappa shape index (κ1) is 19.1. The van der Waals surface area contributed by atoms with Gasteiger partial charge in [-0.3, -0.25) is 4.79 Å². The summed E-state index contributed by atoms with van der Waals surface area (Å²) in [5, 5.41) is 2.87. The number of hydrogen-bond donors (Lipinski definition) is 1. The van der Waals surface area contributed by atoms with E-state index < -0.39 is 10.0 Å². The van der Waals surface area contributed by atoms with Gasteiger partial charge >= 0.3 is 0 Å². The second-order valence-corrected chi connectivity index (χ2v) is 9.32. The van der Waals surface area contributed by atoms with Crippen molar-refractivity contribution in [1.82, 2.24) is 4.31 Å². The minimum Gasteiger partial charge on any atom is -0.322 e. The number of carbonyl (C=O) groups is 1.